The summed E-state index contributed by atoms with van der Waals surface area (Å²) in [7, 11) is 0. The van der Waals surface area contributed by atoms with Crippen LogP contribution >= 0.6 is 0 Å². The molecule has 0 heterocycles. The normalized spacial score (nSPS) is 19.6. The van der Waals surface area contributed by atoms with Gasteiger partial charge in [-0.05, 0) is 90.7 Å². The summed E-state index contributed by atoms with van der Waals surface area (Å²) < 4.78 is 28.7. The van der Waals surface area contributed by atoms with Gasteiger partial charge in [-0.2, -0.15) is 0 Å². The average Bonchev–Trinajstić information content (AvgIpc) is 2.82. The van der Waals surface area contributed by atoms with Crippen molar-refractivity contribution in [3.05, 3.63) is 95.1 Å². The lowest BCUT2D eigenvalue weighted by Gasteiger charge is -2.30. The van der Waals surface area contributed by atoms with Crippen LogP contribution in [-0.4, -0.2) is 0 Å². The Morgan fingerprint density at radius 3 is 2.03 bits per heavy atom. The maximum Gasteiger partial charge on any atom is 0.129 e. The molecule has 0 nitrogen and oxygen atoms in total. The number of rotatable bonds is 7. The smallest absolute Gasteiger partial charge is 0.129 e. The van der Waals surface area contributed by atoms with Gasteiger partial charge >= 0.3 is 0 Å². The molecule has 32 heavy (non-hydrogen) atoms. The van der Waals surface area contributed by atoms with Crippen molar-refractivity contribution in [1.82, 2.24) is 0 Å². The van der Waals surface area contributed by atoms with Crippen molar-refractivity contribution in [3.8, 4) is 11.1 Å². The number of hydrogen-bond donors (Lipinski definition) is 0. The first-order chi connectivity index (χ1) is 15.5. The molecule has 0 bridgehead atoms. The summed E-state index contributed by atoms with van der Waals surface area (Å²) >= 11 is 0. The van der Waals surface area contributed by atoms with Crippen LogP contribution < -0.4 is 0 Å². The van der Waals surface area contributed by atoms with E-state index < -0.39 is 11.6 Å². The van der Waals surface area contributed by atoms with Gasteiger partial charge in [0.25, 0.3) is 0 Å². The lowest BCUT2D eigenvalue weighted by atomic mass is 9.75. The van der Waals surface area contributed by atoms with Crippen LogP contribution in [0, 0.1) is 17.6 Å². The van der Waals surface area contributed by atoms with Crippen molar-refractivity contribution < 1.29 is 8.78 Å². The quantitative estimate of drug-likeness (QED) is 0.349. The fraction of sp³-hybridized carbons (Fsp3) is 0.400. The summed E-state index contributed by atoms with van der Waals surface area (Å²) in [6.07, 6.45) is 7.43. The third-order valence-electron chi connectivity index (χ3n) is 7.26. The topological polar surface area (TPSA) is 0 Å². The minimum absolute atomic E-state index is 0.200. The molecule has 0 aromatic heterocycles. The molecule has 0 saturated heterocycles. The van der Waals surface area contributed by atoms with Crippen LogP contribution in [0.25, 0.3) is 11.1 Å². The molecule has 3 aromatic rings. The predicted molar refractivity (Wildman–Crippen MR) is 130 cm³/mol. The summed E-state index contributed by atoms with van der Waals surface area (Å²) in [6, 6.07) is 22.1. The Balaban J connectivity index is 1.36. The van der Waals surface area contributed by atoms with Gasteiger partial charge in [-0.15, -0.1) is 0 Å². The second kappa shape index (κ2) is 10.4. The third-order valence-corrected chi connectivity index (χ3v) is 7.26. The van der Waals surface area contributed by atoms with Gasteiger partial charge in [0, 0.05) is 5.56 Å². The van der Waals surface area contributed by atoms with Crippen molar-refractivity contribution in [3.63, 3.8) is 0 Å². The van der Waals surface area contributed by atoms with Crippen molar-refractivity contribution in [2.24, 2.45) is 5.92 Å². The fourth-order valence-electron chi connectivity index (χ4n) is 5.36. The molecule has 1 saturated carbocycles. The zero-order chi connectivity index (χ0) is 22.5. The molecule has 0 amide bonds. The molecular weight excluding hydrogens is 398 g/mol. The zero-order valence-electron chi connectivity index (χ0n) is 19.3. The second-order valence-corrected chi connectivity index (χ2v) is 9.56. The molecule has 1 aliphatic carbocycles. The number of hydrogen-bond acceptors (Lipinski definition) is 0. The van der Waals surface area contributed by atoms with Gasteiger partial charge in [0.15, 0.2) is 0 Å². The predicted octanol–water partition coefficient (Wildman–Crippen LogP) is 9.05. The van der Waals surface area contributed by atoms with Crippen molar-refractivity contribution >= 4 is 0 Å². The highest BCUT2D eigenvalue weighted by Crippen LogP contribution is 2.40. The van der Waals surface area contributed by atoms with Crippen LogP contribution in [0.2, 0.25) is 0 Å². The first-order valence-corrected chi connectivity index (χ1v) is 12.2. The van der Waals surface area contributed by atoms with Crippen molar-refractivity contribution in [1.29, 1.82) is 0 Å². The van der Waals surface area contributed by atoms with Gasteiger partial charge < -0.3 is 0 Å². The standard InChI is InChI=1S/C30H34F2/c1-3-7-28-29(31)19-27(20-30(28)32)26-16-14-25(15-17-26)24-12-10-22(11-13-24)18-21(2)23-8-5-4-6-9-23/h4-6,8-9,14-17,19-22,24H,3,7,10-13,18H2,1-2H3/t21-,22?,24?/m1/s1. The molecule has 168 valence electrons. The zero-order valence-corrected chi connectivity index (χ0v) is 19.3. The summed E-state index contributed by atoms with van der Waals surface area (Å²) in [4.78, 5) is 0. The minimum Gasteiger partial charge on any atom is -0.207 e. The maximum absolute atomic E-state index is 14.3. The van der Waals surface area contributed by atoms with E-state index in [-0.39, 0.29) is 5.56 Å². The third kappa shape index (κ3) is 5.28. The van der Waals surface area contributed by atoms with Crippen LogP contribution in [0.15, 0.2) is 66.7 Å². The van der Waals surface area contributed by atoms with E-state index in [9.17, 15) is 8.78 Å². The van der Waals surface area contributed by atoms with E-state index >= 15 is 0 Å². The number of benzene rings is 3. The SMILES string of the molecule is CCCc1c(F)cc(-c2ccc(C3CCC(C[C@@H](C)c4ccccc4)CC3)cc2)cc1F. The van der Waals surface area contributed by atoms with Crippen LogP contribution in [0.5, 0.6) is 0 Å². The summed E-state index contributed by atoms with van der Waals surface area (Å²) in [6.45, 7) is 4.28. The van der Waals surface area contributed by atoms with E-state index in [0.717, 1.165) is 17.9 Å². The average molecular weight is 433 g/mol. The van der Waals surface area contributed by atoms with Gasteiger partial charge in [-0.25, -0.2) is 8.78 Å². The molecule has 2 heteroatoms. The monoisotopic (exact) mass is 432 g/mol. The lowest BCUT2D eigenvalue weighted by molar-refractivity contribution is 0.297. The minimum atomic E-state index is -0.436. The van der Waals surface area contributed by atoms with E-state index in [1.165, 1.54) is 55.4 Å². The Hall–Kier alpha value is -2.48. The van der Waals surface area contributed by atoms with E-state index in [1.54, 1.807) is 0 Å². The Morgan fingerprint density at radius 1 is 0.812 bits per heavy atom. The molecule has 1 atom stereocenters. The van der Waals surface area contributed by atoms with Crippen LogP contribution in [-0.2, 0) is 6.42 Å². The largest absolute Gasteiger partial charge is 0.207 e. The molecule has 1 aliphatic rings. The summed E-state index contributed by atoms with van der Waals surface area (Å²) in [5.41, 5.74) is 4.49. The van der Waals surface area contributed by atoms with Crippen LogP contribution in [0.3, 0.4) is 0 Å². The van der Waals surface area contributed by atoms with Gasteiger partial charge in [0.05, 0.1) is 0 Å². The highest BCUT2D eigenvalue weighted by Gasteiger charge is 2.24. The number of halogens is 2. The van der Waals surface area contributed by atoms with Crippen molar-refractivity contribution in [2.75, 3.05) is 0 Å². The Labute approximate surface area is 191 Å². The maximum atomic E-state index is 14.3. The first kappa shape index (κ1) is 22.7. The molecule has 0 spiro atoms. The molecule has 0 aliphatic heterocycles. The van der Waals surface area contributed by atoms with E-state index in [0.29, 0.717) is 23.8 Å². The molecule has 0 unspecified atom stereocenters. The van der Waals surface area contributed by atoms with Gasteiger partial charge in [0.2, 0.25) is 0 Å². The second-order valence-electron chi connectivity index (χ2n) is 9.56. The van der Waals surface area contributed by atoms with E-state index in [1.807, 2.05) is 19.1 Å². The van der Waals surface area contributed by atoms with Gasteiger partial charge in [-0.1, -0.05) is 74.9 Å². The highest BCUT2D eigenvalue weighted by atomic mass is 19.1. The van der Waals surface area contributed by atoms with E-state index in [4.69, 9.17) is 0 Å². The molecule has 0 radical (unpaired) electrons. The van der Waals surface area contributed by atoms with Gasteiger partial charge in [0.1, 0.15) is 11.6 Å². The Kier molecular flexibility index (Phi) is 7.40. The van der Waals surface area contributed by atoms with Crippen LogP contribution in [0.4, 0.5) is 8.78 Å². The molecule has 3 aromatic carbocycles. The molecule has 0 N–H and O–H groups in total. The highest BCUT2D eigenvalue weighted by molar-refractivity contribution is 5.64. The summed E-state index contributed by atoms with van der Waals surface area (Å²) in [5, 5.41) is 0. The Bertz CT molecular complexity index is 976. The first-order valence-electron chi connectivity index (χ1n) is 12.2. The lowest BCUT2D eigenvalue weighted by Crippen LogP contribution is -2.15. The molecule has 4 rings (SSSR count). The molecular formula is C30H34F2. The van der Waals surface area contributed by atoms with Crippen LogP contribution in [0.1, 0.15) is 80.9 Å². The summed E-state index contributed by atoms with van der Waals surface area (Å²) in [5.74, 6) is 1.13. The molecule has 1 fully saturated rings. The van der Waals surface area contributed by atoms with E-state index in [2.05, 4.69) is 49.4 Å². The fourth-order valence-corrected chi connectivity index (χ4v) is 5.36. The van der Waals surface area contributed by atoms with Gasteiger partial charge in [-0.3, -0.25) is 0 Å². The Morgan fingerprint density at radius 2 is 1.44 bits per heavy atom. The van der Waals surface area contributed by atoms with Crippen molar-refractivity contribution in [2.45, 2.75) is 70.6 Å².